The summed E-state index contributed by atoms with van der Waals surface area (Å²) >= 11 is 0.889. The maximum absolute atomic E-state index is 12.8. The second kappa shape index (κ2) is 11.6. The van der Waals surface area contributed by atoms with Crippen LogP contribution < -0.4 is 14.8 Å². The van der Waals surface area contributed by atoms with E-state index in [0.29, 0.717) is 27.7 Å². The first-order valence-electron chi connectivity index (χ1n) is 11.4. The van der Waals surface area contributed by atoms with Crippen molar-refractivity contribution in [1.29, 1.82) is 0 Å². The first kappa shape index (κ1) is 25.1. The Kier molecular flexibility index (Phi) is 8.07. The van der Waals surface area contributed by atoms with E-state index in [1.165, 1.54) is 4.90 Å². The second-order valence-electron chi connectivity index (χ2n) is 8.27. The van der Waals surface area contributed by atoms with Crippen LogP contribution in [0.1, 0.15) is 16.7 Å². The predicted molar refractivity (Wildman–Crippen MR) is 141 cm³/mol. The Hall–Kier alpha value is -4.04. The third-order valence-corrected chi connectivity index (χ3v) is 6.21. The molecule has 7 nitrogen and oxygen atoms in total. The second-order valence-corrected chi connectivity index (χ2v) is 9.27. The molecule has 0 radical (unpaired) electrons. The Balaban J connectivity index is 1.32. The van der Waals surface area contributed by atoms with Gasteiger partial charge < -0.3 is 14.8 Å². The van der Waals surface area contributed by atoms with Crippen molar-refractivity contribution in [2.75, 3.05) is 25.1 Å². The quantitative estimate of drug-likeness (QED) is 0.393. The first-order valence-corrected chi connectivity index (χ1v) is 12.2. The summed E-state index contributed by atoms with van der Waals surface area (Å²) in [6, 6.07) is 22.1. The zero-order valence-electron chi connectivity index (χ0n) is 20.0. The average Bonchev–Trinajstić information content (AvgIpc) is 3.11. The van der Waals surface area contributed by atoms with E-state index in [1.54, 1.807) is 30.3 Å². The summed E-state index contributed by atoms with van der Waals surface area (Å²) in [6.45, 7) is 4.15. The molecule has 3 aromatic rings. The molecule has 0 aliphatic carbocycles. The van der Waals surface area contributed by atoms with Gasteiger partial charge in [0.2, 0.25) is 0 Å². The molecule has 1 aliphatic rings. The summed E-state index contributed by atoms with van der Waals surface area (Å²) in [5.74, 6) is 0.530. The van der Waals surface area contributed by atoms with Crippen LogP contribution in [-0.2, 0) is 9.59 Å². The summed E-state index contributed by atoms with van der Waals surface area (Å²) in [7, 11) is 0. The molecule has 1 aliphatic heterocycles. The van der Waals surface area contributed by atoms with Crippen LogP contribution in [0.2, 0.25) is 0 Å². The van der Waals surface area contributed by atoms with Gasteiger partial charge >= 0.3 is 0 Å². The maximum Gasteiger partial charge on any atom is 0.293 e. The van der Waals surface area contributed by atoms with Crippen molar-refractivity contribution in [2.45, 2.75) is 13.8 Å². The van der Waals surface area contributed by atoms with Crippen LogP contribution >= 0.6 is 11.8 Å². The van der Waals surface area contributed by atoms with E-state index in [9.17, 15) is 14.4 Å². The number of imide groups is 1. The van der Waals surface area contributed by atoms with Gasteiger partial charge in [-0.3, -0.25) is 19.3 Å². The summed E-state index contributed by atoms with van der Waals surface area (Å²) in [6.07, 6.45) is 1.64. The minimum absolute atomic E-state index is 0.158. The summed E-state index contributed by atoms with van der Waals surface area (Å²) in [5.41, 5.74) is 3.56. The van der Waals surface area contributed by atoms with E-state index < -0.39 is 0 Å². The fourth-order valence-corrected chi connectivity index (χ4v) is 4.36. The highest BCUT2D eigenvalue weighted by Crippen LogP contribution is 2.32. The first-order chi connectivity index (χ1) is 17.4. The fourth-order valence-electron chi connectivity index (χ4n) is 3.50. The molecule has 0 atom stereocenters. The van der Waals surface area contributed by atoms with E-state index in [2.05, 4.69) is 5.32 Å². The number of anilines is 1. The molecule has 1 fully saturated rings. The normalized spacial score (nSPS) is 14.3. The molecule has 184 valence electrons. The number of hydrogen-bond acceptors (Lipinski definition) is 6. The van der Waals surface area contributed by atoms with Crippen molar-refractivity contribution in [3.8, 4) is 11.5 Å². The van der Waals surface area contributed by atoms with Crippen LogP contribution in [0.25, 0.3) is 6.08 Å². The number of carbonyl (C=O) groups is 3. The minimum Gasteiger partial charge on any atom is -0.492 e. The number of hydrogen-bond donors (Lipinski definition) is 1. The molecule has 1 heterocycles. The summed E-state index contributed by atoms with van der Waals surface area (Å²) in [5, 5.41) is 2.46. The molecule has 1 saturated heterocycles. The molecule has 8 heteroatoms. The van der Waals surface area contributed by atoms with Crippen LogP contribution in [0.4, 0.5) is 10.5 Å². The van der Waals surface area contributed by atoms with Crippen molar-refractivity contribution in [3.63, 3.8) is 0 Å². The third kappa shape index (κ3) is 6.76. The van der Waals surface area contributed by atoms with E-state index in [0.717, 1.165) is 22.9 Å². The fraction of sp³-hybridized carbons (Fsp3) is 0.179. The molecule has 3 amide bonds. The molecule has 4 rings (SSSR count). The molecular formula is C28H26N2O5S. The van der Waals surface area contributed by atoms with Gasteiger partial charge in [0.1, 0.15) is 18.1 Å². The maximum atomic E-state index is 12.8. The number of nitrogens with zero attached hydrogens (tertiary/aromatic N) is 1. The van der Waals surface area contributed by atoms with Crippen LogP contribution in [0.15, 0.2) is 77.7 Å². The van der Waals surface area contributed by atoms with E-state index in [-0.39, 0.29) is 36.8 Å². The lowest BCUT2D eigenvalue weighted by Crippen LogP contribution is -2.32. The van der Waals surface area contributed by atoms with Crippen molar-refractivity contribution in [1.82, 2.24) is 4.90 Å². The highest BCUT2D eigenvalue weighted by Gasteiger charge is 2.34. The molecule has 0 spiro atoms. The lowest BCUT2D eigenvalue weighted by atomic mass is 10.2. The lowest BCUT2D eigenvalue weighted by Gasteiger charge is -2.13. The van der Waals surface area contributed by atoms with Crippen LogP contribution in [-0.4, -0.2) is 41.7 Å². The van der Waals surface area contributed by atoms with Gasteiger partial charge in [0, 0.05) is 5.69 Å². The number of amides is 3. The zero-order chi connectivity index (χ0) is 25.5. The van der Waals surface area contributed by atoms with Crippen molar-refractivity contribution >= 4 is 40.6 Å². The zero-order valence-corrected chi connectivity index (χ0v) is 20.8. The molecular weight excluding hydrogens is 476 g/mol. The van der Waals surface area contributed by atoms with E-state index >= 15 is 0 Å². The molecule has 36 heavy (non-hydrogen) atoms. The topological polar surface area (TPSA) is 84.9 Å². The van der Waals surface area contributed by atoms with Gasteiger partial charge in [0.05, 0.1) is 11.4 Å². The highest BCUT2D eigenvalue weighted by molar-refractivity contribution is 8.18. The number of carbonyl (C=O) groups excluding carboxylic acids is 3. The predicted octanol–water partition coefficient (Wildman–Crippen LogP) is 5.44. The smallest absolute Gasteiger partial charge is 0.293 e. The number of ether oxygens (including phenoxy) is 2. The van der Waals surface area contributed by atoms with Gasteiger partial charge in [-0.2, -0.15) is 0 Å². The lowest BCUT2D eigenvalue weighted by molar-refractivity contribution is -0.123. The monoisotopic (exact) mass is 502 g/mol. The Morgan fingerprint density at radius 2 is 1.69 bits per heavy atom. The number of thioether (sulfide) groups is 1. The number of aryl methyl sites for hydroxylation is 2. The number of nitrogens with one attached hydrogen (secondary N) is 1. The number of benzene rings is 3. The van der Waals surface area contributed by atoms with E-state index in [4.69, 9.17) is 9.47 Å². The van der Waals surface area contributed by atoms with Gasteiger partial charge in [-0.1, -0.05) is 42.0 Å². The molecule has 1 N–H and O–H groups in total. The molecule has 3 aromatic carbocycles. The Morgan fingerprint density at radius 3 is 2.47 bits per heavy atom. The van der Waals surface area contributed by atoms with Crippen LogP contribution in [0.5, 0.6) is 11.5 Å². The standard InChI is InChI=1S/C28H26N2O5S/c1-19-9-11-23(12-10-19)34-14-13-30-27(32)25(36-28(30)33)17-21-6-4-8-24(16-21)35-18-26(31)29-22-7-3-5-20(2)15-22/h3-12,15-17H,13-14,18H2,1-2H3,(H,29,31)/b25-17-. The Bertz CT molecular complexity index is 1300. The Morgan fingerprint density at radius 1 is 0.917 bits per heavy atom. The third-order valence-electron chi connectivity index (χ3n) is 5.31. The molecule has 0 saturated carbocycles. The highest BCUT2D eigenvalue weighted by atomic mass is 32.2. The van der Waals surface area contributed by atoms with Crippen molar-refractivity contribution in [3.05, 3.63) is 94.4 Å². The van der Waals surface area contributed by atoms with E-state index in [1.807, 2.05) is 62.4 Å². The molecule has 0 unspecified atom stereocenters. The summed E-state index contributed by atoms with van der Waals surface area (Å²) in [4.78, 5) is 38.9. The van der Waals surface area contributed by atoms with Gasteiger partial charge in [-0.15, -0.1) is 0 Å². The largest absolute Gasteiger partial charge is 0.492 e. The van der Waals surface area contributed by atoms with Crippen LogP contribution in [0.3, 0.4) is 0 Å². The minimum atomic E-state index is -0.360. The summed E-state index contributed by atoms with van der Waals surface area (Å²) < 4.78 is 11.3. The molecule has 0 aromatic heterocycles. The average molecular weight is 503 g/mol. The number of rotatable bonds is 9. The van der Waals surface area contributed by atoms with Gasteiger partial charge in [-0.05, 0) is 79.2 Å². The van der Waals surface area contributed by atoms with Gasteiger partial charge in [0.25, 0.3) is 17.1 Å². The van der Waals surface area contributed by atoms with Gasteiger partial charge in [-0.25, -0.2) is 0 Å². The van der Waals surface area contributed by atoms with Crippen molar-refractivity contribution < 1.29 is 23.9 Å². The van der Waals surface area contributed by atoms with Crippen molar-refractivity contribution in [2.24, 2.45) is 0 Å². The SMILES string of the molecule is Cc1ccc(OCCN2C(=O)S/C(=C\c3cccc(OCC(=O)Nc4cccc(C)c4)c3)C2=O)cc1. The van der Waals surface area contributed by atoms with Crippen LogP contribution in [0, 0.1) is 13.8 Å². The molecule has 0 bridgehead atoms. The Labute approximate surface area is 214 Å². The van der Waals surface area contributed by atoms with Gasteiger partial charge in [0.15, 0.2) is 6.61 Å².